The van der Waals surface area contributed by atoms with Gasteiger partial charge in [-0.2, -0.15) is 0 Å². The maximum Gasteiger partial charge on any atom is 0.322 e. The van der Waals surface area contributed by atoms with Crippen molar-refractivity contribution in [1.29, 1.82) is 0 Å². The van der Waals surface area contributed by atoms with Gasteiger partial charge in [-0.3, -0.25) is 9.69 Å². The van der Waals surface area contributed by atoms with Crippen LogP contribution in [0.5, 0.6) is 5.75 Å². The smallest absolute Gasteiger partial charge is 0.322 e. The van der Waals surface area contributed by atoms with Crippen molar-refractivity contribution in [2.45, 2.75) is 13.8 Å². The van der Waals surface area contributed by atoms with E-state index in [1.165, 1.54) is 0 Å². The molecule has 1 aliphatic rings. The Morgan fingerprint density at radius 3 is 2.36 bits per heavy atom. The van der Waals surface area contributed by atoms with Gasteiger partial charge in [-0.15, -0.1) is 0 Å². The molecule has 1 heterocycles. The number of nitrogens with one attached hydrogen (secondary N) is 1. The standard InChI is InChI=1S/C18H28N4O3/c1-4-21(5-2)17(23)14-20-10-12-22(13-11-20)18(24)19-15-8-6-7-9-16(15)25-3/h6-9H,4-5,10-14H2,1-3H3,(H,19,24). The fourth-order valence-electron chi connectivity index (χ4n) is 2.92. The van der Waals surface area contributed by atoms with Crippen LogP contribution in [0, 0.1) is 0 Å². The normalized spacial score (nSPS) is 14.9. The lowest BCUT2D eigenvalue weighted by molar-refractivity contribution is -0.132. The number of urea groups is 1. The van der Waals surface area contributed by atoms with E-state index in [1.54, 1.807) is 12.0 Å². The van der Waals surface area contributed by atoms with Gasteiger partial charge in [-0.05, 0) is 26.0 Å². The number of nitrogens with zero attached hydrogens (tertiary/aromatic N) is 3. The molecule has 7 nitrogen and oxygen atoms in total. The minimum atomic E-state index is -0.140. The van der Waals surface area contributed by atoms with Gasteiger partial charge in [0.15, 0.2) is 0 Å². The predicted molar refractivity (Wildman–Crippen MR) is 98.0 cm³/mol. The molecule has 7 heteroatoms. The third kappa shape index (κ3) is 5.09. The van der Waals surface area contributed by atoms with Crippen LogP contribution in [0.2, 0.25) is 0 Å². The van der Waals surface area contributed by atoms with Gasteiger partial charge in [-0.25, -0.2) is 4.79 Å². The molecular formula is C18H28N4O3. The topological polar surface area (TPSA) is 65.1 Å². The van der Waals surface area contributed by atoms with Crippen molar-refractivity contribution in [2.75, 3.05) is 58.2 Å². The molecule has 0 spiro atoms. The molecule has 0 saturated carbocycles. The van der Waals surface area contributed by atoms with Crippen molar-refractivity contribution < 1.29 is 14.3 Å². The van der Waals surface area contributed by atoms with Crippen LogP contribution in [0.1, 0.15) is 13.8 Å². The second-order valence-corrected chi connectivity index (χ2v) is 5.96. The van der Waals surface area contributed by atoms with Gasteiger partial charge in [-0.1, -0.05) is 12.1 Å². The number of benzene rings is 1. The van der Waals surface area contributed by atoms with Crippen LogP contribution in [0.15, 0.2) is 24.3 Å². The summed E-state index contributed by atoms with van der Waals surface area (Å²) < 4.78 is 5.25. The fourth-order valence-corrected chi connectivity index (χ4v) is 2.92. The Morgan fingerprint density at radius 1 is 1.12 bits per heavy atom. The summed E-state index contributed by atoms with van der Waals surface area (Å²) in [5, 5.41) is 2.89. The lowest BCUT2D eigenvalue weighted by Crippen LogP contribution is -2.52. The van der Waals surface area contributed by atoms with Crippen LogP contribution in [0.25, 0.3) is 0 Å². The zero-order valence-corrected chi connectivity index (χ0v) is 15.3. The van der Waals surface area contributed by atoms with Crippen LogP contribution in [0.4, 0.5) is 10.5 Å². The summed E-state index contributed by atoms with van der Waals surface area (Å²) >= 11 is 0. The number of ether oxygens (including phenoxy) is 1. The molecular weight excluding hydrogens is 320 g/mol. The average molecular weight is 348 g/mol. The molecule has 0 unspecified atom stereocenters. The molecule has 1 N–H and O–H groups in total. The van der Waals surface area contributed by atoms with E-state index in [0.29, 0.717) is 44.2 Å². The first-order chi connectivity index (χ1) is 12.1. The SMILES string of the molecule is CCN(CC)C(=O)CN1CCN(C(=O)Nc2ccccc2OC)CC1. The largest absolute Gasteiger partial charge is 0.495 e. The first kappa shape index (κ1) is 19.1. The second kappa shape index (κ2) is 9.27. The summed E-state index contributed by atoms with van der Waals surface area (Å²) in [7, 11) is 1.58. The molecule has 0 atom stereocenters. The van der Waals surface area contributed by atoms with Crippen molar-refractivity contribution in [3.8, 4) is 5.75 Å². The van der Waals surface area contributed by atoms with Crippen LogP contribution in [-0.2, 0) is 4.79 Å². The van der Waals surface area contributed by atoms with Gasteiger partial charge in [0, 0.05) is 39.3 Å². The molecule has 0 bridgehead atoms. The van der Waals surface area contributed by atoms with Crippen LogP contribution in [0.3, 0.4) is 0 Å². The van der Waals surface area contributed by atoms with E-state index >= 15 is 0 Å². The molecule has 0 radical (unpaired) electrons. The van der Waals surface area contributed by atoms with Gasteiger partial charge in [0.1, 0.15) is 5.75 Å². The van der Waals surface area contributed by atoms with Crippen molar-refractivity contribution >= 4 is 17.6 Å². The number of carbonyl (C=O) groups excluding carboxylic acids is 2. The third-order valence-corrected chi connectivity index (χ3v) is 4.48. The number of piperazine rings is 1. The number of likely N-dealkylation sites (N-methyl/N-ethyl adjacent to an activating group) is 1. The molecule has 138 valence electrons. The molecule has 0 aromatic heterocycles. The molecule has 1 aromatic rings. The second-order valence-electron chi connectivity index (χ2n) is 5.96. The molecule has 3 amide bonds. The van der Waals surface area contributed by atoms with Gasteiger partial charge < -0.3 is 19.9 Å². The van der Waals surface area contributed by atoms with Crippen molar-refractivity contribution in [2.24, 2.45) is 0 Å². The highest BCUT2D eigenvalue weighted by Crippen LogP contribution is 2.23. The van der Waals surface area contributed by atoms with E-state index in [4.69, 9.17) is 4.74 Å². The molecule has 2 rings (SSSR count). The van der Waals surface area contributed by atoms with E-state index in [9.17, 15) is 9.59 Å². The fraction of sp³-hybridized carbons (Fsp3) is 0.556. The number of rotatable bonds is 6. The zero-order valence-electron chi connectivity index (χ0n) is 15.3. The maximum atomic E-state index is 12.4. The summed E-state index contributed by atoms with van der Waals surface area (Å²) in [4.78, 5) is 30.3. The Morgan fingerprint density at radius 2 is 1.76 bits per heavy atom. The Kier molecular flexibility index (Phi) is 7.06. The third-order valence-electron chi connectivity index (χ3n) is 4.48. The monoisotopic (exact) mass is 348 g/mol. The van der Waals surface area contributed by atoms with Gasteiger partial charge in [0.05, 0.1) is 19.3 Å². The predicted octanol–water partition coefficient (Wildman–Crippen LogP) is 1.71. The van der Waals surface area contributed by atoms with E-state index in [2.05, 4.69) is 10.2 Å². The Balaban J connectivity index is 1.83. The molecule has 1 aromatic carbocycles. The van der Waals surface area contributed by atoms with E-state index in [1.807, 2.05) is 43.0 Å². The molecule has 25 heavy (non-hydrogen) atoms. The van der Waals surface area contributed by atoms with Crippen molar-refractivity contribution in [3.05, 3.63) is 24.3 Å². The Bertz CT molecular complexity index is 581. The minimum Gasteiger partial charge on any atom is -0.495 e. The summed E-state index contributed by atoms with van der Waals surface area (Å²) in [6.07, 6.45) is 0. The van der Waals surface area contributed by atoms with Gasteiger partial charge in [0.25, 0.3) is 0 Å². The highest BCUT2D eigenvalue weighted by molar-refractivity contribution is 5.91. The number of hydrogen-bond donors (Lipinski definition) is 1. The number of anilines is 1. The number of hydrogen-bond acceptors (Lipinski definition) is 4. The van der Waals surface area contributed by atoms with Crippen molar-refractivity contribution in [1.82, 2.24) is 14.7 Å². The molecule has 0 aliphatic carbocycles. The number of carbonyl (C=O) groups is 2. The van der Waals surface area contributed by atoms with Crippen LogP contribution >= 0.6 is 0 Å². The first-order valence-corrected chi connectivity index (χ1v) is 8.78. The average Bonchev–Trinajstić information content (AvgIpc) is 2.63. The Labute approximate surface area is 149 Å². The van der Waals surface area contributed by atoms with E-state index in [0.717, 1.165) is 13.1 Å². The number of para-hydroxylation sites is 2. The lowest BCUT2D eigenvalue weighted by Gasteiger charge is -2.35. The molecule has 1 fully saturated rings. The summed E-state index contributed by atoms with van der Waals surface area (Å²) in [6.45, 7) is 8.47. The maximum absolute atomic E-state index is 12.4. The summed E-state index contributed by atoms with van der Waals surface area (Å²) in [5.41, 5.74) is 0.661. The Hall–Kier alpha value is -2.28. The zero-order chi connectivity index (χ0) is 18.2. The van der Waals surface area contributed by atoms with Crippen LogP contribution < -0.4 is 10.1 Å². The van der Waals surface area contributed by atoms with E-state index < -0.39 is 0 Å². The summed E-state index contributed by atoms with van der Waals surface area (Å²) in [5.74, 6) is 0.788. The lowest BCUT2D eigenvalue weighted by atomic mass is 10.3. The highest BCUT2D eigenvalue weighted by Gasteiger charge is 2.24. The molecule has 1 aliphatic heterocycles. The van der Waals surface area contributed by atoms with E-state index in [-0.39, 0.29) is 11.9 Å². The van der Waals surface area contributed by atoms with Crippen LogP contribution in [-0.4, -0.2) is 79.6 Å². The number of methoxy groups -OCH3 is 1. The number of amides is 3. The highest BCUT2D eigenvalue weighted by atomic mass is 16.5. The quantitative estimate of drug-likeness (QED) is 0.850. The van der Waals surface area contributed by atoms with Crippen molar-refractivity contribution in [3.63, 3.8) is 0 Å². The minimum absolute atomic E-state index is 0.140. The van der Waals surface area contributed by atoms with Gasteiger partial charge >= 0.3 is 6.03 Å². The van der Waals surface area contributed by atoms with Gasteiger partial charge in [0.2, 0.25) is 5.91 Å². The molecule has 1 saturated heterocycles. The summed E-state index contributed by atoms with van der Waals surface area (Å²) in [6, 6.07) is 7.20. The first-order valence-electron chi connectivity index (χ1n) is 8.78.